The Morgan fingerprint density at radius 2 is 1.96 bits per heavy atom. The molecule has 0 amide bonds. The van der Waals surface area contributed by atoms with Gasteiger partial charge in [0.15, 0.2) is 0 Å². The molecule has 7 heteroatoms. The molecule has 0 aliphatic rings. The molecule has 1 heterocycles. The third-order valence-corrected chi connectivity index (χ3v) is 3.32. The van der Waals surface area contributed by atoms with E-state index in [1.807, 2.05) is 25.1 Å². The fourth-order valence-electron chi connectivity index (χ4n) is 2.19. The Morgan fingerprint density at radius 3 is 2.70 bits per heavy atom. The molecule has 2 aromatic carbocycles. The van der Waals surface area contributed by atoms with Crippen LogP contribution in [0.3, 0.4) is 0 Å². The van der Waals surface area contributed by atoms with Gasteiger partial charge in [0, 0.05) is 0 Å². The third kappa shape index (κ3) is 2.89. The maximum Gasteiger partial charge on any atom is 0.315 e. The van der Waals surface area contributed by atoms with Crippen LogP contribution >= 0.6 is 0 Å². The third-order valence-electron chi connectivity index (χ3n) is 3.32. The van der Waals surface area contributed by atoms with E-state index in [0.29, 0.717) is 16.7 Å². The van der Waals surface area contributed by atoms with E-state index in [4.69, 9.17) is 9.47 Å². The number of hydrogen-bond acceptors (Lipinski definition) is 6. The van der Waals surface area contributed by atoms with Gasteiger partial charge >= 0.3 is 5.69 Å². The first-order valence-electron chi connectivity index (χ1n) is 6.80. The van der Waals surface area contributed by atoms with Crippen LogP contribution in [0.4, 0.5) is 5.69 Å². The van der Waals surface area contributed by atoms with Crippen molar-refractivity contribution in [1.29, 1.82) is 0 Å². The van der Waals surface area contributed by atoms with Gasteiger partial charge in [0.05, 0.1) is 29.0 Å². The first-order chi connectivity index (χ1) is 11.1. The second-order valence-electron chi connectivity index (χ2n) is 4.89. The second kappa shape index (κ2) is 5.88. The number of nitro benzene ring substituents is 1. The van der Waals surface area contributed by atoms with Gasteiger partial charge in [-0.3, -0.25) is 10.1 Å². The van der Waals surface area contributed by atoms with Crippen molar-refractivity contribution in [2.24, 2.45) is 0 Å². The minimum atomic E-state index is -0.521. The lowest BCUT2D eigenvalue weighted by Crippen LogP contribution is -1.97. The van der Waals surface area contributed by atoms with E-state index in [1.54, 1.807) is 6.07 Å². The number of ether oxygens (including phenoxy) is 2. The number of methoxy groups -OCH3 is 1. The number of hydrogen-bond donors (Lipinski definition) is 0. The molecule has 0 N–H and O–H groups in total. The van der Waals surface area contributed by atoms with Crippen LogP contribution in [0.5, 0.6) is 17.4 Å². The summed E-state index contributed by atoms with van der Waals surface area (Å²) < 4.78 is 10.7. The van der Waals surface area contributed by atoms with Gasteiger partial charge < -0.3 is 9.47 Å². The van der Waals surface area contributed by atoms with Crippen molar-refractivity contribution < 1.29 is 14.4 Å². The Balaban J connectivity index is 2.09. The largest absolute Gasteiger partial charge is 0.496 e. The van der Waals surface area contributed by atoms with Gasteiger partial charge in [0.25, 0.3) is 0 Å². The zero-order valence-corrected chi connectivity index (χ0v) is 12.5. The summed E-state index contributed by atoms with van der Waals surface area (Å²) in [6, 6.07) is 10.0. The quantitative estimate of drug-likeness (QED) is 0.540. The number of fused-ring (bicyclic) bond motifs is 1. The topological polar surface area (TPSA) is 87.4 Å². The maximum absolute atomic E-state index is 11.2. The van der Waals surface area contributed by atoms with Gasteiger partial charge in [-0.1, -0.05) is 11.6 Å². The predicted molar refractivity (Wildman–Crippen MR) is 84.0 cm³/mol. The number of nitro groups is 1. The van der Waals surface area contributed by atoms with Crippen molar-refractivity contribution in [3.05, 3.63) is 58.4 Å². The molecule has 0 radical (unpaired) electrons. The number of nitrogens with zero attached hydrogens (tertiary/aromatic N) is 3. The summed E-state index contributed by atoms with van der Waals surface area (Å²) in [6.45, 7) is 1.94. The molecule has 3 rings (SSSR count). The van der Waals surface area contributed by atoms with Crippen molar-refractivity contribution >= 4 is 16.6 Å². The van der Waals surface area contributed by atoms with Gasteiger partial charge in [-0.25, -0.2) is 9.97 Å². The molecule has 0 fully saturated rings. The Labute approximate surface area is 131 Å². The van der Waals surface area contributed by atoms with Crippen LogP contribution < -0.4 is 9.47 Å². The van der Waals surface area contributed by atoms with Gasteiger partial charge in [-0.2, -0.15) is 0 Å². The number of rotatable bonds is 4. The van der Waals surface area contributed by atoms with Crippen molar-refractivity contribution in [2.75, 3.05) is 7.11 Å². The Bertz CT molecular complexity index is 896. The molecule has 116 valence electrons. The van der Waals surface area contributed by atoms with Crippen molar-refractivity contribution in [2.45, 2.75) is 6.92 Å². The van der Waals surface area contributed by atoms with E-state index >= 15 is 0 Å². The van der Waals surface area contributed by atoms with Gasteiger partial charge in [-0.05, 0) is 31.2 Å². The van der Waals surface area contributed by atoms with Crippen molar-refractivity contribution in [3.8, 4) is 17.4 Å². The second-order valence-corrected chi connectivity index (χ2v) is 4.89. The van der Waals surface area contributed by atoms with Crippen molar-refractivity contribution in [1.82, 2.24) is 9.97 Å². The highest BCUT2D eigenvalue weighted by Gasteiger charge is 2.18. The molecule has 1 aromatic heterocycles. The van der Waals surface area contributed by atoms with E-state index in [9.17, 15) is 10.1 Å². The van der Waals surface area contributed by atoms with E-state index < -0.39 is 4.92 Å². The molecule has 0 spiro atoms. The molecule has 0 aliphatic carbocycles. The molecular formula is C16H13N3O4. The van der Waals surface area contributed by atoms with Gasteiger partial charge in [0.2, 0.25) is 11.6 Å². The highest BCUT2D eigenvalue weighted by molar-refractivity contribution is 5.84. The molecule has 0 bridgehead atoms. The Morgan fingerprint density at radius 1 is 1.13 bits per heavy atom. The lowest BCUT2D eigenvalue weighted by molar-refractivity contribution is -0.385. The number of aryl methyl sites for hydroxylation is 1. The zero-order valence-electron chi connectivity index (χ0n) is 12.5. The fraction of sp³-hybridized carbons (Fsp3) is 0.125. The SMILES string of the molecule is COc1ccc(Oc2ncnc3ccc(C)cc23)c([N+](=O)[O-])c1. The summed E-state index contributed by atoms with van der Waals surface area (Å²) in [6.07, 6.45) is 1.36. The lowest BCUT2D eigenvalue weighted by atomic mass is 10.1. The first kappa shape index (κ1) is 14.7. The van der Waals surface area contributed by atoms with Crippen LogP contribution in [0.1, 0.15) is 5.56 Å². The summed E-state index contributed by atoms with van der Waals surface area (Å²) in [7, 11) is 1.44. The summed E-state index contributed by atoms with van der Waals surface area (Å²) in [5.74, 6) is 0.747. The fourth-order valence-corrected chi connectivity index (χ4v) is 2.19. The first-order valence-corrected chi connectivity index (χ1v) is 6.80. The Hall–Kier alpha value is -3.22. The van der Waals surface area contributed by atoms with Crippen LogP contribution in [-0.2, 0) is 0 Å². The maximum atomic E-state index is 11.2. The summed E-state index contributed by atoms with van der Waals surface area (Å²) in [5, 5.41) is 11.9. The molecule has 7 nitrogen and oxygen atoms in total. The van der Waals surface area contributed by atoms with E-state index in [2.05, 4.69) is 9.97 Å². The summed E-state index contributed by atoms with van der Waals surface area (Å²) in [4.78, 5) is 19.0. The highest BCUT2D eigenvalue weighted by Crippen LogP contribution is 2.35. The van der Waals surface area contributed by atoms with E-state index in [-0.39, 0.29) is 17.3 Å². The van der Waals surface area contributed by atoms with Crippen LogP contribution in [0, 0.1) is 17.0 Å². The van der Waals surface area contributed by atoms with Gasteiger partial charge in [-0.15, -0.1) is 0 Å². The van der Waals surface area contributed by atoms with E-state index in [0.717, 1.165) is 5.56 Å². The molecule has 0 saturated heterocycles. The Kier molecular flexibility index (Phi) is 3.76. The van der Waals surface area contributed by atoms with Crippen LogP contribution in [0.25, 0.3) is 10.9 Å². The average molecular weight is 311 g/mol. The highest BCUT2D eigenvalue weighted by atomic mass is 16.6. The summed E-state index contributed by atoms with van der Waals surface area (Å²) >= 11 is 0. The zero-order chi connectivity index (χ0) is 16.4. The lowest BCUT2D eigenvalue weighted by Gasteiger charge is -2.09. The molecule has 23 heavy (non-hydrogen) atoms. The predicted octanol–water partition coefficient (Wildman–Crippen LogP) is 3.65. The molecule has 0 atom stereocenters. The normalized spacial score (nSPS) is 10.5. The summed E-state index contributed by atoms with van der Waals surface area (Å²) in [5.41, 5.74) is 1.53. The standard InChI is InChI=1S/C16H13N3O4/c1-10-3-5-13-12(7-10)16(18-9-17-13)23-15-6-4-11(22-2)8-14(15)19(20)21/h3-9H,1-2H3. The van der Waals surface area contributed by atoms with Gasteiger partial charge in [0.1, 0.15) is 12.1 Å². The molecule has 3 aromatic rings. The number of aromatic nitrogens is 2. The van der Waals surface area contributed by atoms with Crippen LogP contribution in [0.15, 0.2) is 42.7 Å². The van der Waals surface area contributed by atoms with Crippen LogP contribution in [-0.4, -0.2) is 22.0 Å². The molecule has 0 unspecified atom stereocenters. The van der Waals surface area contributed by atoms with Crippen LogP contribution in [0.2, 0.25) is 0 Å². The molecule has 0 saturated carbocycles. The molecular weight excluding hydrogens is 298 g/mol. The average Bonchev–Trinajstić information content (AvgIpc) is 2.55. The minimum absolute atomic E-state index is 0.0947. The smallest absolute Gasteiger partial charge is 0.315 e. The van der Waals surface area contributed by atoms with Crippen molar-refractivity contribution in [3.63, 3.8) is 0 Å². The minimum Gasteiger partial charge on any atom is -0.496 e. The number of benzene rings is 2. The monoisotopic (exact) mass is 311 g/mol. The van der Waals surface area contributed by atoms with E-state index in [1.165, 1.54) is 25.6 Å². The molecule has 0 aliphatic heterocycles.